The molecule has 0 saturated heterocycles. The summed E-state index contributed by atoms with van der Waals surface area (Å²) < 4.78 is 5.26. The number of nitro groups is 1. The van der Waals surface area contributed by atoms with Gasteiger partial charge >= 0.3 is 5.82 Å². The van der Waals surface area contributed by atoms with Crippen LogP contribution in [0.5, 0.6) is 5.75 Å². The van der Waals surface area contributed by atoms with Gasteiger partial charge in [-0.3, -0.25) is 9.59 Å². The van der Waals surface area contributed by atoms with Crippen molar-refractivity contribution in [2.75, 3.05) is 6.61 Å². The standard InChI is InChI=1S/C15H15N3O5S/c1-9-3-5-13(15(17-9)18(21)22)23-8-12(20)14-6-4-11(24-14)7-16-10(2)19/h3-6H,7-8H2,1-2H3,(H,16,19). The van der Waals surface area contributed by atoms with Crippen molar-refractivity contribution in [1.29, 1.82) is 0 Å². The van der Waals surface area contributed by atoms with E-state index in [2.05, 4.69) is 10.3 Å². The maximum absolute atomic E-state index is 12.1. The number of hydrogen-bond donors (Lipinski definition) is 1. The number of Topliss-reactive ketones (excluding diaryl/α,β-unsaturated/α-hetero) is 1. The monoisotopic (exact) mass is 349 g/mol. The van der Waals surface area contributed by atoms with Crippen LogP contribution in [0.15, 0.2) is 24.3 Å². The molecule has 0 spiro atoms. The van der Waals surface area contributed by atoms with Crippen LogP contribution in [-0.4, -0.2) is 28.2 Å². The minimum absolute atomic E-state index is 0.0472. The van der Waals surface area contributed by atoms with Gasteiger partial charge < -0.3 is 20.2 Å². The third kappa shape index (κ3) is 4.59. The molecule has 0 unspecified atom stereocenters. The van der Waals surface area contributed by atoms with Crippen molar-refractivity contribution in [2.24, 2.45) is 0 Å². The average molecular weight is 349 g/mol. The zero-order valence-electron chi connectivity index (χ0n) is 13.1. The van der Waals surface area contributed by atoms with Gasteiger partial charge in [0, 0.05) is 18.7 Å². The number of carbonyl (C=O) groups excluding carboxylic acids is 2. The first kappa shape index (κ1) is 17.5. The maximum Gasteiger partial charge on any atom is 0.406 e. The number of thiophene rings is 1. The van der Waals surface area contributed by atoms with E-state index in [-0.39, 0.29) is 24.0 Å². The largest absolute Gasteiger partial charge is 0.477 e. The fourth-order valence-electron chi connectivity index (χ4n) is 1.82. The molecule has 0 atom stereocenters. The minimum Gasteiger partial charge on any atom is -0.477 e. The summed E-state index contributed by atoms with van der Waals surface area (Å²) in [7, 11) is 0. The highest BCUT2D eigenvalue weighted by atomic mass is 32.1. The van der Waals surface area contributed by atoms with Crippen molar-refractivity contribution in [2.45, 2.75) is 20.4 Å². The van der Waals surface area contributed by atoms with Crippen molar-refractivity contribution >= 4 is 28.8 Å². The van der Waals surface area contributed by atoms with Gasteiger partial charge in [0.1, 0.15) is 5.69 Å². The molecule has 1 N–H and O–H groups in total. The number of ether oxygens (including phenoxy) is 1. The van der Waals surface area contributed by atoms with Crippen LogP contribution < -0.4 is 10.1 Å². The van der Waals surface area contributed by atoms with Crippen LogP contribution in [0.2, 0.25) is 0 Å². The van der Waals surface area contributed by atoms with Crippen LogP contribution in [0.25, 0.3) is 0 Å². The summed E-state index contributed by atoms with van der Waals surface area (Å²) in [5, 5.41) is 13.6. The molecule has 0 bridgehead atoms. The summed E-state index contributed by atoms with van der Waals surface area (Å²) in [6.07, 6.45) is 0. The van der Waals surface area contributed by atoms with E-state index in [1.165, 1.54) is 24.3 Å². The summed E-state index contributed by atoms with van der Waals surface area (Å²) in [4.78, 5) is 38.4. The van der Waals surface area contributed by atoms with Gasteiger partial charge in [-0.15, -0.1) is 11.3 Å². The normalized spacial score (nSPS) is 10.2. The molecule has 2 heterocycles. The molecule has 2 rings (SSSR count). The predicted octanol–water partition coefficient (Wildman–Crippen LogP) is 2.26. The molecule has 0 radical (unpaired) electrons. The van der Waals surface area contributed by atoms with Crippen molar-refractivity contribution in [3.63, 3.8) is 0 Å². The van der Waals surface area contributed by atoms with Crippen LogP contribution in [-0.2, 0) is 11.3 Å². The summed E-state index contributed by atoms with van der Waals surface area (Å²) in [6.45, 7) is 3.06. The van der Waals surface area contributed by atoms with E-state index >= 15 is 0 Å². The molecule has 126 valence electrons. The van der Waals surface area contributed by atoms with Gasteiger partial charge in [0.05, 0.1) is 11.4 Å². The molecular formula is C15H15N3O5S. The van der Waals surface area contributed by atoms with Crippen LogP contribution in [0.4, 0.5) is 5.82 Å². The first-order chi connectivity index (χ1) is 11.4. The third-order valence-corrected chi connectivity index (χ3v) is 4.08. The van der Waals surface area contributed by atoms with Crippen LogP contribution in [0, 0.1) is 17.0 Å². The molecular weight excluding hydrogens is 334 g/mol. The van der Waals surface area contributed by atoms with E-state index in [0.29, 0.717) is 17.1 Å². The molecule has 24 heavy (non-hydrogen) atoms. The highest BCUT2D eigenvalue weighted by Crippen LogP contribution is 2.25. The topological polar surface area (TPSA) is 111 Å². The molecule has 0 aromatic carbocycles. The Morgan fingerprint density at radius 3 is 2.75 bits per heavy atom. The Hall–Kier alpha value is -2.81. The van der Waals surface area contributed by atoms with Gasteiger partial charge in [-0.2, -0.15) is 0 Å². The molecule has 0 fully saturated rings. The SMILES string of the molecule is CC(=O)NCc1ccc(C(=O)COc2ccc(C)nc2[N+](=O)[O-])s1. The molecule has 1 amide bonds. The third-order valence-electron chi connectivity index (χ3n) is 2.96. The molecule has 0 aliphatic heterocycles. The highest BCUT2D eigenvalue weighted by Gasteiger charge is 2.19. The van der Waals surface area contributed by atoms with Crippen molar-refractivity contribution < 1.29 is 19.2 Å². The van der Waals surface area contributed by atoms with Gasteiger partial charge in [0.15, 0.2) is 6.61 Å². The Labute approximate surface area is 141 Å². The molecule has 2 aromatic heterocycles. The Bertz CT molecular complexity index is 787. The van der Waals surface area contributed by atoms with Crippen molar-refractivity contribution in [3.8, 4) is 5.75 Å². The number of rotatable bonds is 7. The number of pyridine rings is 1. The van der Waals surface area contributed by atoms with Crippen LogP contribution in [0.1, 0.15) is 27.2 Å². The highest BCUT2D eigenvalue weighted by molar-refractivity contribution is 7.14. The molecule has 0 aliphatic rings. The molecule has 0 aliphatic carbocycles. The number of amides is 1. The number of carbonyl (C=O) groups is 2. The Morgan fingerprint density at radius 2 is 2.08 bits per heavy atom. The Kier molecular flexibility index (Phi) is 5.59. The van der Waals surface area contributed by atoms with Gasteiger partial charge in [-0.1, -0.05) is 0 Å². The van der Waals surface area contributed by atoms with Crippen LogP contribution >= 0.6 is 11.3 Å². The fourth-order valence-corrected chi connectivity index (χ4v) is 2.69. The van der Waals surface area contributed by atoms with Crippen molar-refractivity contribution in [1.82, 2.24) is 10.3 Å². The van der Waals surface area contributed by atoms with Crippen molar-refractivity contribution in [3.05, 3.63) is 49.8 Å². The quantitative estimate of drug-likeness (QED) is 0.466. The minimum atomic E-state index is -0.649. The second kappa shape index (κ2) is 7.64. The molecule has 9 heteroatoms. The first-order valence-corrected chi connectivity index (χ1v) is 7.79. The van der Waals surface area contributed by atoms with E-state index in [1.54, 1.807) is 25.1 Å². The van der Waals surface area contributed by atoms with Crippen LogP contribution in [0.3, 0.4) is 0 Å². The van der Waals surface area contributed by atoms with E-state index in [9.17, 15) is 19.7 Å². The second-order valence-corrected chi connectivity index (χ2v) is 6.09. The predicted molar refractivity (Wildman–Crippen MR) is 87.3 cm³/mol. The van der Waals surface area contributed by atoms with E-state index in [1.807, 2.05) is 0 Å². The van der Waals surface area contributed by atoms with E-state index in [4.69, 9.17) is 4.74 Å². The van der Waals surface area contributed by atoms with Gasteiger partial charge in [0.25, 0.3) is 0 Å². The van der Waals surface area contributed by atoms with Gasteiger partial charge in [-0.25, -0.2) is 0 Å². The van der Waals surface area contributed by atoms with E-state index in [0.717, 1.165) is 4.88 Å². The smallest absolute Gasteiger partial charge is 0.406 e. The second-order valence-electron chi connectivity index (χ2n) is 4.92. The van der Waals surface area contributed by atoms with Gasteiger partial charge in [-0.05, 0) is 34.2 Å². The Balaban J connectivity index is 2.01. The number of ketones is 1. The van der Waals surface area contributed by atoms with Gasteiger partial charge in [0.2, 0.25) is 17.4 Å². The summed E-state index contributed by atoms with van der Waals surface area (Å²) in [5.41, 5.74) is 0.487. The molecule has 0 saturated carbocycles. The molecule has 2 aromatic rings. The fraction of sp³-hybridized carbons (Fsp3) is 0.267. The number of nitrogens with one attached hydrogen (secondary N) is 1. The number of nitrogens with zero attached hydrogens (tertiary/aromatic N) is 2. The Morgan fingerprint density at radius 1 is 1.33 bits per heavy atom. The van der Waals surface area contributed by atoms with E-state index < -0.39 is 10.7 Å². The average Bonchev–Trinajstić information content (AvgIpc) is 3.00. The lowest BCUT2D eigenvalue weighted by Gasteiger charge is -2.05. The maximum atomic E-state index is 12.1. The number of aryl methyl sites for hydroxylation is 1. The first-order valence-electron chi connectivity index (χ1n) is 6.98. The zero-order valence-corrected chi connectivity index (χ0v) is 13.9. The summed E-state index contributed by atoms with van der Waals surface area (Å²) in [5.74, 6) is -0.919. The summed E-state index contributed by atoms with van der Waals surface area (Å²) in [6, 6.07) is 6.37. The lowest BCUT2D eigenvalue weighted by Crippen LogP contribution is -2.18. The number of aromatic nitrogens is 1. The molecule has 8 nitrogen and oxygen atoms in total. The number of hydrogen-bond acceptors (Lipinski definition) is 7. The zero-order chi connectivity index (χ0) is 17.7. The lowest BCUT2D eigenvalue weighted by atomic mass is 10.3. The lowest BCUT2D eigenvalue weighted by molar-refractivity contribution is -0.390. The summed E-state index contributed by atoms with van der Waals surface area (Å²) >= 11 is 1.24.